The molecule has 5 nitrogen and oxygen atoms in total. The van der Waals surface area contributed by atoms with E-state index in [2.05, 4.69) is 15.5 Å². The van der Waals surface area contributed by atoms with E-state index in [0.717, 1.165) is 18.8 Å². The number of nitrogens with one attached hydrogen (secondary N) is 2. The normalized spacial score (nSPS) is 14.1. The van der Waals surface area contributed by atoms with Crippen LogP contribution in [0.25, 0.3) is 0 Å². The molecule has 142 valence electrons. The number of hydrogen-bond acceptors (Lipinski definition) is 3. The van der Waals surface area contributed by atoms with Gasteiger partial charge in [0, 0.05) is 41.1 Å². The fourth-order valence-electron chi connectivity index (χ4n) is 3.15. The van der Waals surface area contributed by atoms with E-state index in [1.54, 1.807) is 24.3 Å². The molecule has 0 spiro atoms. The Morgan fingerprint density at radius 3 is 2.07 bits per heavy atom. The van der Waals surface area contributed by atoms with Gasteiger partial charge >= 0.3 is 0 Å². The number of hydrogen-bond donors (Lipinski definition) is 2. The molecule has 0 aliphatic carbocycles. The second-order valence-corrected chi connectivity index (χ2v) is 7.98. The Kier molecular flexibility index (Phi) is 5.49. The molecule has 27 heavy (non-hydrogen) atoms. The lowest BCUT2D eigenvalue weighted by Gasteiger charge is -2.20. The molecule has 0 atom stereocenters. The number of nitrogens with zero attached hydrogens (tertiary/aromatic N) is 1. The van der Waals surface area contributed by atoms with Crippen LogP contribution in [0.15, 0.2) is 48.5 Å². The van der Waals surface area contributed by atoms with Gasteiger partial charge in [-0.05, 0) is 76.1 Å². The Bertz CT molecular complexity index is 816. The molecule has 5 heteroatoms. The average molecular weight is 365 g/mol. The van der Waals surface area contributed by atoms with E-state index in [4.69, 9.17) is 0 Å². The summed E-state index contributed by atoms with van der Waals surface area (Å²) in [5.74, 6) is -0.415. The van der Waals surface area contributed by atoms with Crippen molar-refractivity contribution in [2.24, 2.45) is 0 Å². The molecule has 2 aromatic carbocycles. The fourth-order valence-corrected chi connectivity index (χ4v) is 3.15. The molecular formula is C22H27N3O2. The highest BCUT2D eigenvalue weighted by molar-refractivity contribution is 6.06. The Balaban J connectivity index is 1.67. The van der Waals surface area contributed by atoms with Gasteiger partial charge in [0.25, 0.3) is 11.8 Å². The van der Waals surface area contributed by atoms with E-state index in [9.17, 15) is 9.59 Å². The first kappa shape index (κ1) is 19.0. The van der Waals surface area contributed by atoms with E-state index in [-0.39, 0.29) is 17.4 Å². The number of amides is 2. The fraction of sp³-hybridized carbons (Fsp3) is 0.364. The predicted octanol–water partition coefficient (Wildman–Crippen LogP) is 4.07. The molecule has 1 saturated heterocycles. The zero-order valence-corrected chi connectivity index (χ0v) is 16.2. The van der Waals surface area contributed by atoms with Gasteiger partial charge in [0.1, 0.15) is 0 Å². The molecule has 2 amide bonds. The molecule has 3 rings (SSSR count). The van der Waals surface area contributed by atoms with Crippen LogP contribution >= 0.6 is 0 Å². The van der Waals surface area contributed by atoms with Gasteiger partial charge < -0.3 is 15.5 Å². The number of benzene rings is 2. The number of anilines is 2. The molecule has 0 radical (unpaired) electrons. The van der Waals surface area contributed by atoms with Gasteiger partial charge in [-0.1, -0.05) is 6.07 Å². The summed E-state index contributed by atoms with van der Waals surface area (Å²) >= 11 is 0. The predicted molar refractivity (Wildman–Crippen MR) is 110 cm³/mol. The summed E-state index contributed by atoms with van der Waals surface area (Å²) in [6.45, 7) is 7.96. The van der Waals surface area contributed by atoms with Crippen molar-refractivity contribution in [1.82, 2.24) is 5.32 Å². The van der Waals surface area contributed by atoms with Crippen LogP contribution < -0.4 is 15.5 Å². The first-order valence-corrected chi connectivity index (χ1v) is 9.41. The summed E-state index contributed by atoms with van der Waals surface area (Å²) in [6, 6.07) is 14.7. The van der Waals surface area contributed by atoms with E-state index in [1.165, 1.54) is 18.5 Å². The molecule has 2 N–H and O–H groups in total. The monoisotopic (exact) mass is 365 g/mol. The third kappa shape index (κ3) is 5.09. The molecule has 1 heterocycles. The highest BCUT2D eigenvalue weighted by Crippen LogP contribution is 2.22. The van der Waals surface area contributed by atoms with Crippen molar-refractivity contribution < 1.29 is 9.59 Å². The molecule has 0 aromatic heterocycles. The van der Waals surface area contributed by atoms with Crippen molar-refractivity contribution in [3.8, 4) is 0 Å². The van der Waals surface area contributed by atoms with Crippen LogP contribution in [0.3, 0.4) is 0 Å². The smallest absolute Gasteiger partial charge is 0.255 e. The lowest BCUT2D eigenvalue weighted by molar-refractivity contribution is 0.0919. The van der Waals surface area contributed by atoms with Gasteiger partial charge in [-0.3, -0.25) is 9.59 Å². The third-order valence-corrected chi connectivity index (χ3v) is 4.47. The first-order valence-electron chi connectivity index (χ1n) is 9.41. The standard InChI is InChI=1S/C22H27N3O2/c1-22(2,3)24-21(27)17-8-6-7-16(15-17)20(26)23-18-9-11-19(12-10-18)25-13-4-5-14-25/h6-12,15H,4-5,13-14H2,1-3H3,(H,23,26)(H,24,27). The van der Waals surface area contributed by atoms with Gasteiger partial charge in [-0.2, -0.15) is 0 Å². The first-order chi connectivity index (χ1) is 12.8. The number of rotatable bonds is 4. The maximum atomic E-state index is 12.6. The average Bonchev–Trinajstić information content (AvgIpc) is 3.16. The minimum Gasteiger partial charge on any atom is -0.372 e. The van der Waals surface area contributed by atoms with Gasteiger partial charge in [0.05, 0.1) is 0 Å². The zero-order chi connectivity index (χ0) is 19.4. The number of carbonyl (C=O) groups excluding carboxylic acids is 2. The van der Waals surface area contributed by atoms with Crippen molar-refractivity contribution in [2.75, 3.05) is 23.3 Å². The summed E-state index contributed by atoms with van der Waals surface area (Å²) in [5, 5.41) is 5.81. The van der Waals surface area contributed by atoms with Gasteiger partial charge in [-0.15, -0.1) is 0 Å². The maximum absolute atomic E-state index is 12.6. The summed E-state index contributed by atoms with van der Waals surface area (Å²) in [5.41, 5.74) is 2.54. The second kappa shape index (κ2) is 7.82. The van der Waals surface area contributed by atoms with E-state index < -0.39 is 0 Å². The van der Waals surface area contributed by atoms with Gasteiger partial charge in [0.2, 0.25) is 0 Å². The minimum absolute atomic E-state index is 0.188. The van der Waals surface area contributed by atoms with Crippen molar-refractivity contribution >= 4 is 23.2 Å². The number of carbonyl (C=O) groups is 2. The maximum Gasteiger partial charge on any atom is 0.255 e. The van der Waals surface area contributed by atoms with Gasteiger partial charge in [-0.25, -0.2) is 0 Å². The Morgan fingerprint density at radius 1 is 0.889 bits per heavy atom. The van der Waals surface area contributed by atoms with Crippen LogP contribution in [0.5, 0.6) is 0 Å². The van der Waals surface area contributed by atoms with Crippen molar-refractivity contribution in [2.45, 2.75) is 39.2 Å². The lowest BCUT2D eigenvalue weighted by atomic mass is 10.1. The largest absolute Gasteiger partial charge is 0.372 e. The zero-order valence-electron chi connectivity index (χ0n) is 16.2. The quantitative estimate of drug-likeness (QED) is 0.859. The van der Waals surface area contributed by atoms with Crippen LogP contribution in [-0.2, 0) is 0 Å². The SMILES string of the molecule is CC(C)(C)NC(=O)c1cccc(C(=O)Nc2ccc(N3CCCC3)cc2)c1. The van der Waals surface area contributed by atoms with Crippen molar-refractivity contribution in [3.05, 3.63) is 59.7 Å². The summed E-state index contributed by atoms with van der Waals surface area (Å²) in [4.78, 5) is 27.2. The summed E-state index contributed by atoms with van der Waals surface area (Å²) in [7, 11) is 0. The van der Waals surface area contributed by atoms with Crippen molar-refractivity contribution in [3.63, 3.8) is 0 Å². The summed E-state index contributed by atoms with van der Waals surface area (Å²) in [6.07, 6.45) is 2.47. The highest BCUT2D eigenvalue weighted by Gasteiger charge is 2.17. The molecule has 1 aliphatic rings. The van der Waals surface area contributed by atoms with E-state index in [1.807, 2.05) is 45.0 Å². The molecular weight excluding hydrogens is 338 g/mol. The minimum atomic E-state index is -0.327. The molecule has 1 aliphatic heterocycles. The summed E-state index contributed by atoms with van der Waals surface area (Å²) < 4.78 is 0. The van der Waals surface area contributed by atoms with Crippen LogP contribution in [0.2, 0.25) is 0 Å². The Hall–Kier alpha value is -2.82. The Morgan fingerprint density at radius 2 is 1.48 bits per heavy atom. The molecule has 1 fully saturated rings. The van der Waals surface area contributed by atoms with Crippen LogP contribution in [0.4, 0.5) is 11.4 Å². The third-order valence-electron chi connectivity index (χ3n) is 4.47. The van der Waals surface area contributed by atoms with E-state index in [0.29, 0.717) is 11.1 Å². The van der Waals surface area contributed by atoms with Crippen LogP contribution in [-0.4, -0.2) is 30.4 Å². The molecule has 0 bridgehead atoms. The van der Waals surface area contributed by atoms with E-state index >= 15 is 0 Å². The van der Waals surface area contributed by atoms with Crippen LogP contribution in [0, 0.1) is 0 Å². The highest BCUT2D eigenvalue weighted by atomic mass is 16.2. The second-order valence-electron chi connectivity index (χ2n) is 7.98. The molecule has 2 aromatic rings. The van der Waals surface area contributed by atoms with Crippen LogP contribution in [0.1, 0.15) is 54.3 Å². The topological polar surface area (TPSA) is 61.4 Å². The Labute approximate surface area is 160 Å². The molecule has 0 unspecified atom stereocenters. The van der Waals surface area contributed by atoms with Crippen molar-refractivity contribution in [1.29, 1.82) is 0 Å². The molecule has 0 saturated carbocycles. The lowest BCUT2D eigenvalue weighted by Crippen LogP contribution is -2.40. The van der Waals surface area contributed by atoms with Gasteiger partial charge in [0.15, 0.2) is 0 Å².